The summed E-state index contributed by atoms with van der Waals surface area (Å²) in [5, 5.41) is 7.21. The Kier molecular flexibility index (Phi) is 4.35. The van der Waals surface area contributed by atoms with Gasteiger partial charge in [0, 0.05) is 17.3 Å². The average Bonchev–Trinajstić information content (AvgIpc) is 2.97. The highest BCUT2D eigenvalue weighted by Gasteiger charge is 2.09. The van der Waals surface area contributed by atoms with Crippen LogP contribution in [0.4, 0.5) is 5.69 Å². The van der Waals surface area contributed by atoms with Gasteiger partial charge in [0.05, 0.1) is 31.6 Å². The van der Waals surface area contributed by atoms with Crippen molar-refractivity contribution in [3.63, 3.8) is 0 Å². The van der Waals surface area contributed by atoms with E-state index < -0.39 is 0 Å². The van der Waals surface area contributed by atoms with Crippen molar-refractivity contribution >= 4 is 23.0 Å². The zero-order chi connectivity index (χ0) is 12.8. The number of imidazole rings is 1. The van der Waals surface area contributed by atoms with E-state index >= 15 is 0 Å². The van der Waals surface area contributed by atoms with Gasteiger partial charge in [-0.25, -0.2) is 4.98 Å². The Labute approximate surface area is 109 Å². The van der Waals surface area contributed by atoms with E-state index in [1.165, 1.54) is 0 Å². The molecule has 2 aromatic heterocycles. The van der Waals surface area contributed by atoms with Crippen molar-refractivity contribution in [3.05, 3.63) is 34.5 Å². The first kappa shape index (κ1) is 12.6. The summed E-state index contributed by atoms with van der Waals surface area (Å²) >= 11 is 1.56. The third kappa shape index (κ3) is 3.33. The summed E-state index contributed by atoms with van der Waals surface area (Å²) < 4.78 is 4.94. The molecule has 0 amide bonds. The van der Waals surface area contributed by atoms with Crippen molar-refractivity contribution in [2.45, 2.75) is 19.9 Å². The number of nitrogens with zero attached hydrogens (tertiary/aromatic N) is 1. The summed E-state index contributed by atoms with van der Waals surface area (Å²) in [5.41, 5.74) is 2.87. The lowest BCUT2D eigenvalue weighted by Crippen LogP contribution is -2.09. The Hall–Kier alpha value is -1.82. The Bertz CT molecular complexity index is 493. The highest BCUT2D eigenvalue weighted by Crippen LogP contribution is 2.22. The molecule has 0 unspecified atom stereocenters. The smallest absolute Gasteiger partial charge is 0.310 e. The molecular weight excluding hydrogens is 250 g/mol. The standard InChI is InChI=1S/C12H15N3O2S/c1-2-17-12(16)3-9-6-18-7-11(9)14-5-10-4-13-8-15-10/h4,6-8,14H,2-3,5H2,1H3,(H,13,15). The second-order valence-corrected chi connectivity index (χ2v) is 4.45. The molecule has 2 heterocycles. The van der Waals surface area contributed by atoms with E-state index in [2.05, 4.69) is 15.3 Å². The molecule has 96 valence electrons. The van der Waals surface area contributed by atoms with E-state index in [4.69, 9.17) is 4.74 Å². The highest BCUT2D eigenvalue weighted by molar-refractivity contribution is 7.08. The number of esters is 1. The van der Waals surface area contributed by atoms with Gasteiger partial charge >= 0.3 is 5.97 Å². The zero-order valence-electron chi connectivity index (χ0n) is 10.1. The molecule has 0 radical (unpaired) electrons. The summed E-state index contributed by atoms with van der Waals surface area (Å²) in [6.07, 6.45) is 3.79. The monoisotopic (exact) mass is 265 g/mol. The van der Waals surface area contributed by atoms with Gasteiger partial charge in [0.2, 0.25) is 0 Å². The first-order chi connectivity index (χ1) is 8.79. The number of thiophene rings is 1. The van der Waals surface area contributed by atoms with Crippen LogP contribution in [-0.4, -0.2) is 22.5 Å². The molecule has 2 rings (SSSR count). The van der Waals surface area contributed by atoms with Gasteiger partial charge in [0.1, 0.15) is 0 Å². The number of nitrogens with one attached hydrogen (secondary N) is 2. The maximum atomic E-state index is 11.4. The second-order valence-electron chi connectivity index (χ2n) is 3.71. The lowest BCUT2D eigenvalue weighted by atomic mass is 10.2. The lowest BCUT2D eigenvalue weighted by Gasteiger charge is -2.06. The molecule has 0 aliphatic rings. The Morgan fingerprint density at radius 3 is 3.17 bits per heavy atom. The second kappa shape index (κ2) is 6.20. The molecule has 0 atom stereocenters. The van der Waals surface area contributed by atoms with E-state index in [9.17, 15) is 4.79 Å². The average molecular weight is 265 g/mol. The molecule has 5 nitrogen and oxygen atoms in total. The summed E-state index contributed by atoms with van der Waals surface area (Å²) in [7, 11) is 0. The number of hydrogen-bond acceptors (Lipinski definition) is 5. The molecular formula is C12H15N3O2S. The minimum atomic E-state index is -0.196. The Balaban J connectivity index is 1.93. The van der Waals surface area contributed by atoms with Crippen LogP contribution in [0.2, 0.25) is 0 Å². The molecule has 0 aromatic carbocycles. The van der Waals surface area contributed by atoms with Gasteiger partial charge in [-0.2, -0.15) is 0 Å². The van der Waals surface area contributed by atoms with Gasteiger partial charge in [-0.05, 0) is 17.9 Å². The number of H-pyrrole nitrogens is 1. The number of ether oxygens (including phenoxy) is 1. The maximum Gasteiger partial charge on any atom is 0.310 e. The predicted molar refractivity (Wildman–Crippen MR) is 70.6 cm³/mol. The number of carbonyl (C=O) groups is 1. The summed E-state index contributed by atoms with van der Waals surface area (Å²) in [5.74, 6) is -0.196. The van der Waals surface area contributed by atoms with Gasteiger partial charge in [0.25, 0.3) is 0 Å². The number of hydrogen-bond donors (Lipinski definition) is 2. The summed E-state index contributed by atoms with van der Waals surface area (Å²) in [6.45, 7) is 2.86. The predicted octanol–water partition coefficient (Wildman–Crippen LogP) is 2.19. The summed E-state index contributed by atoms with van der Waals surface area (Å²) in [4.78, 5) is 18.5. The minimum absolute atomic E-state index is 0.196. The first-order valence-electron chi connectivity index (χ1n) is 5.71. The number of aromatic amines is 1. The third-order valence-corrected chi connectivity index (χ3v) is 3.19. The van der Waals surface area contributed by atoms with E-state index in [1.807, 2.05) is 23.9 Å². The van der Waals surface area contributed by atoms with Crippen LogP contribution >= 0.6 is 11.3 Å². The third-order valence-electron chi connectivity index (χ3n) is 2.40. The van der Waals surface area contributed by atoms with Crippen LogP contribution in [-0.2, 0) is 22.5 Å². The molecule has 0 aliphatic carbocycles. The molecule has 0 saturated carbocycles. The van der Waals surface area contributed by atoms with Gasteiger partial charge in [-0.1, -0.05) is 0 Å². The molecule has 0 aliphatic heterocycles. The molecule has 18 heavy (non-hydrogen) atoms. The molecule has 6 heteroatoms. The topological polar surface area (TPSA) is 67.0 Å². The van der Waals surface area contributed by atoms with Crippen LogP contribution in [0, 0.1) is 0 Å². The van der Waals surface area contributed by atoms with E-state index in [0.29, 0.717) is 19.6 Å². The fourth-order valence-electron chi connectivity index (χ4n) is 1.56. The van der Waals surface area contributed by atoms with Crippen LogP contribution in [0.25, 0.3) is 0 Å². The molecule has 2 N–H and O–H groups in total. The van der Waals surface area contributed by atoms with E-state index in [0.717, 1.165) is 16.9 Å². The first-order valence-corrected chi connectivity index (χ1v) is 6.66. The van der Waals surface area contributed by atoms with Crippen LogP contribution in [0.5, 0.6) is 0 Å². The van der Waals surface area contributed by atoms with Crippen molar-refractivity contribution in [3.8, 4) is 0 Å². The van der Waals surface area contributed by atoms with Gasteiger partial charge < -0.3 is 15.0 Å². The van der Waals surface area contributed by atoms with Crippen LogP contribution in [0.1, 0.15) is 18.2 Å². The minimum Gasteiger partial charge on any atom is -0.466 e. The van der Waals surface area contributed by atoms with E-state index in [-0.39, 0.29) is 5.97 Å². The molecule has 0 fully saturated rings. The molecule has 0 spiro atoms. The van der Waals surface area contributed by atoms with Crippen molar-refractivity contribution in [2.24, 2.45) is 0 Å². The number of aromatic nitrogens is 2. The number of anilines is 1. The normalized spacial score (nSPS) is 10.3. The highest BCUT2D eigenvalue weighted by atomic mass is 32.1. The summed E-state index contributed by atoms with van der Waals surface area (Å²) in [6, 6.07) is 0. The lowest BCUT2D eigenvalue weighted by molar-refractivity contribution is -0.142. The largest absolute Gasteiger partial charge is 0.466 e. The molecule has 2 aromatic rings. The van der Waals surface area contributed by atoms with Gasteiger partial charge in [-0.15, -0.1) is 11.3 Å². The Morgan fingerprint density at radius 1 is 1.56 bits per heavy atom. The van der Waals surface area contributed by atoms with Crippen LogP contribution in [0.3, 0.4) is 0 Å². The molecule has 0 saturated heterocycles. The van der Waals surface area contributed by atoms with E-state index in [1.54, 1.807) is 17.7 Å². The quantitative estimate of drug-likeness (QED) is 0.786. The number of carbonyl (C=O) groups excluding carboxylic acids is 1. The SMILES string of the molecule is CCOC(=O)Cc1cscc1NCc1c[nH]cn1. The zero-order valence-corrected chi connectivity index (χ0v) is 10.9. The van der Waals surface area contributed by atoms with Crippen molar-refractivity contribution in [1.82, 2.24) is 9.97 Å². The fourth-order valence-corrected chi connectivity index (χ4v) is 2.37. The van der Waals surface area contributed by atoms with Crippen molar-refractivity contribution < 1.29 is 9.53 Å². The maximum absolute atomic E-state index is 11.4. The number of rotatable bonds is 6. The van der Waals surface area contributed by atoms with Crippen LogP contribution in [0.15, 0.2) is 23.3 Å². The van der Waals surface area contributed by atoms with Gasteiger partial charge in [-0.3, -0.25) is 4.79 Å². The van der Waals surface area contributed by atoms with Crippen molar-refractivity contribution in [1.29, 1.82) is 0 Å². The van der Waals surface area contributed by atoms with Crippen molar-refractivity contribution in [2.75, 3.05) is 11.9 Å². The van der Waals surface area contributed by atoms with Gasteiger partial charge in [0.15, 0.2) is 0 Å². The fraction of sp³-hybridized carbons (Fsp3) is 0.333. The Morgan fingerprint density at radius 2 is 2.44 bits per heavy atom. The van der Waals surface area contributed by atoms with Crippen LogP contribution < -0.4 is 5.32 Å². The molecule has 0 bridgehead atoms.